The van der Waals surface area contributed by atoms with Gasteiger partial charge in [0.05, 0.1) is 0 Å². The van der Waals surface area contributed by atoms with Crippen molar-refractivity contribution in [2.45, 2.75) is 71.0 Å². The minimum Gasteiger partial charge on any atom is -0.315 e. The van der Waals surface area contributed by atoms with Gasteiger partial charge in [0.1, 0.15) is 0 Å². The van der Waals surface area contributed by atoms with E-state index in [4.69, 9.17) is 0 Å². The molecule has 2 rings (SSSR count). The van der Waals surface area contributed by atoms with Crippen LogP contribution in [0.1, 0.15) is 52.9 Å². The molecule has 0 spiro atoms. The number of likely N-dealkylation sites (tertiary alicyclic amines) is 2. The van der Waals surface area contributed by atoms with Crippen LogP contribution < -0.4 is 5.32 Å². The lowest BCUT2D eigenvalue weighted by molar-refractivity contribution is 0.0215. The first-order chi connectivity index (χ1) is 9.58. The summed E-state index contributed by atoms with van der Waals surface area (Å²) < 4.78 is 0. The van der Waals surface area contributed by atoms with E-state index in [9.17, 15) is 0 Å². The van der Waals surface area contributed by atoms with Crippen LogP contribution in [-0.4, -0.2) is 61.2 Å². The van der Waals surface area contributed by atoms with Crippen LogP contribution in [0.25, 0.3) is 0 Å². The highest BCUT2D eigenvalue weighted by molar-refractivity contribution is 4.90. The van der Waals surface area contributed by atoms with Crippen molar-refractivity contribution >= 4 is 0 Å². The van der Waals surface area contributed by atoms with Crippen molar-refractivity contribution < 1.29 is 0 Å². The van der Waals surface area contributed by atoms with Crippen LogP contribution in [0, 0.1) is 5.92 Å². The molecule has 3 nitrogen and oxygen atoms in total. The Balaban J connectivity index is 1.71. The van der Waals surface area contributed by atoms with Gasteiger partial charge in [-0.2, -0.15) is 0 Å². The van der Waals surface area contributed by atoms with E-state index in [1.165, 1.54) is 58.3 Å². The molecule has 2 aliphatic rings. The summed E-state index contributed by atoms with van der Waals surface area (Å²) in [5.74, 6) is 0.929. The highest BCUT2D eigenvalue weighted by Crippen LogP contribution is 2.30. The number of rotatable bonds is 6. The third-order valence-electron chi connectivity index (χ3n) is 5.35. The quantitative estimate of drug-likeness (QED) is 0.755. The molecule has 3 atom stereocenters. The molecule has 118 valence electrons. The molecule has 3 heteroatoms. The Morgan fingerprint density at radius 2 is 1.95 bits per heavy atom. The predicted octanol–water partition coefficient (Wildman–Crippen LogP) is 2.57. The molecule has 0 aromatic rings. The number of nitrogens with zero attached hydrogens (tertiary/aromatic N) is 2. The highest BCUT2D eigenvalue weighted by Gasteiger charge is 2.35. The second-order valence-corrected chi connectivity index (χ2v) is 7.33. The Morgan fingerprint density at radius 1 is 1.15 bits per heavy atom. The van der Waals surface area contributed by atoms with Gasteiger partial charge in [-0.1, -0.05) is 13.8 Å². The van der Waals surface area contributed by atoms with Crippen molar-refractivity contribution in [1.82, 2.24) is 15.1 Å². The Labute approximate surface area is 126 Å². The summed E-state index contributed by atoms with van der Waals surface area (Å²) in [6, 6.07) is 2.26. The zero-order chi connectivity index (χ0) is 14.5. The topological polar surface area (TPSA) is 18.5 Å². The molecule has 1 N–H and O–H groups in total. The maximum atomic E-state index is 3.53. The minimum atomic E-state index is 0.624. The lowest BCUT2D eigenvalue weighted by atomic mass is 9.83. The summed E-state index contributed by atoms with van der Waals surface area (Å²) >= 11 is 0. The number of hydrogen-bond acceptors (Lipinski definition) is 3. The molecule has 0 saturated carbocycles. The van der Waals surface area contributed by atoms with Gasteiger partial charge in [0, 0.05) is 24.7 Å². The molecule has 0 bridgehead atoms. The first-order valence-electron chi connectivity index (χ1n) is 8.75. The number of hydrogen-bond donors (Lipinski definition) is 1. The fourth-order valence-corrected chi connectivity index (χ4v) is 4.05. The van der Waals surface area contributed by atoms with Gasteiger partial charge < -0.3 is 15.1 Å². The predicted molar refractivity (Wildman–Crippen MR) is 87.2 cm³/mol. The molecule has 3 unspecified atom stereocenters. The minimum absolute atomic E-state index is 0.624. The van der Waals surface area contributed by atoms with E-state index < -0.39 is 0 Å². The maximum absolute atomic E-state index is 3.53. The van der Waals surface area contributed by atoms with Crippen LogP contribution >= 0.6 is 0 Å². The molecular formula is C17H35N3. The molecule has 0 radical (unpaired) electrons. The van der Waals surface area contributed by atoms with Gasteiger partial charge >= 0.3 is 0 Å². The number of nitrogens with one attached hydrogen (secondary N) is 1. The average molecular weight is 281 g/mol. The van der Waals surface area contributed by atoms with E-state index in [-0.39, 0.29) is 0 Å². The van der Waals surface area contributed by atoms with Crippen molar-refractivity contribution in [3.8, 4) is 0 Å². The summed E-state index contributed by atoms with van der Waals surface area (Å²) in [5.41, 5.74) is 0. The summed E-state index contributed by atoms with van der Waals surface area (Å²) in [5, 5.41) is 3.53. The first kappa shape index (κ1) is 16.3. The van der Waals surface area contributed by atoms with Crippen LogP contribution in [0.2, 0.25) is 0 Å². The SMILES string of the molecule is CC(C)NCCCC(C)N1CCC2C(CCCN2C)C1. The van der Waals surface area contributed by atoms with Crippen LogP contribution in [0.4, 0.5) is 0 Å². The zero-order valence-electron chi connectivity index (χ0n) is 14.1. The van der Waals surface area contributed by atoms with E-state index in [0.29, 0.717) is 6.04 Å². The Kier molecular flexibility index (Phi) is 6.31. The fraction of sp³-hybridized carbons (Fsp3) is 1.00. The third kappa shape index (κ3) is 4.44. The summed E-state index contributed by atoms with van der Waals surface area (Å²) in [7, 11) is 2.33. The summed E-state index contributed by atoms with van der Waals surface area (Å²) in [6.07, 6.45) is 6.89. The molecule has 20 heavy (non-hydrogen) atoms. The largest absolute Gasteiger partial charge is 0.315 e. The van der Waals surface area contributed by atoms with Crippen molar-refractivity contribution in [3.63, 3.8) is 0 Å². The number of fused-ring (bicyclic) bond motifs is 1. The molecule has 0 amide bonds. The van der Waals surface area contributed by atoms with Crippen LogP contribution in [0.3, 0.4) is 0 Å². The fourth-order valence-electron chi connectivity index (χ4n) is 4.05. The molecule has 0 aromatic carbocycles. The van der Waals surface area contributed by atoms with E-state index >= 15 is 0 Å². The molecule has 2 saturated heterocycles. The van der Waals surface area contributed by atoms with E-state index in [1.54, 1.807) is 0 Å². The van der Waals surface area contributed by atoms with Gasteiger partial charge in [0.25, 0.3) is 0 Å². The molecule has 2 heterocycles. The standard InChI is InChI=1S/C17H35N3/c1-14(2)18-10-5-7-15(3)20-12-9-17-16(13-20)8-6-11-19(17)4/h14-18H,5-13H2,1-4H3. The third-order valence-corrected chi connectivity index (χ3v) is 5.35. The Bertz CT molecular complexity index is 279. The Hall–Kier alpha value is -0.120. The second kappa shape index (κ2) is 7.77. The van der Waals surface area contributed by atoms with Gasteiger partial charge in [-0.05, 0) is 71.6 Å². The van der Waals surface area contributed by atoms with E-state index in [2.05, 4.69) is 42.9 Å². The zero-order valence-corrected chi connectivity index (χ0v) is 14.1. The van der Waals surface area contributed by atoms with Gasteiger partial charge in [-0.15, -0.1) is 0 Å². The van der Waals surface area contributed by atoms with Crippen LogP contribution in [0.15, 0.2) is 0 Å². The first-order valence-corrected chi connectivity index (χ1v) is 8.75. The molecule has 2 aliphatic heterocycles. The van der Waals surface area contributed by atoms with Gasteiger partial charge in [-0.3, -0.25) is 0 Å². The second-order valence-electron chi connectivity index (χ2n) is 7.33. The molecule has 0 aromatic heterocycles. The maximum Gasteiger partial charge on any atom is 0.0145 e. The number of piperidine rings is 2. The van der Waals surface area contributed by atoms with Gasteiger partial charge in [0.2, 0.25) is 0 Å². The highest BCUT2D eigenvalue weighted by atomic mass is 15.2. The van der Waals surface area contributed by atoms with Crippen LogP contribution in [-0.2, 0) is 0 Å². The van der Waals surface area contributed by atoms with Crippen molar-refractivity contribution in [2.24, 2.45) is 5.92 Å². The summed E-state index contributed by atoms with van der Waals surface area (Å²) in [4.78, 5) is 5.37. The smallest absolute Gasteiger partial charge is 0.0145 e. The van der Waals surface area contributed by atoms with E-state index in [0.717, 1.165) is 18.0 Å². The average Bonchev–Trinajstić information content (AvgIpc) is 2.43. The van der Waals surface area contributed by atoms with Gasteiger partial charge in [0.15, 0.2) is 0 Å². The monoisotopic (exact) mass is 281 g/mol. The normalized spacial score (nSPS) is 30.4. The molecule has 2 fully saturated rings. The lowest BCUT2D eigenvalue weighted by Crippen LogP contribution is -2.54. The summed E-state index contributed by atoms with van der Waals surface area (Å²) in [6.45, 7) is 12.0. The van der Waals surface area contributed by atoms with Crippen molar-refractivity contribution in [1.29, 1.82) is 0 Å². The lowest BCUT2D eigenvalue weighted by Gasteiger charge is -2.47. The van der Waals surface area contributed by atoms with Crippen molar-refractivity contribution in [3.05, 3.63) is 0 Å². The van der Waals surface area contributed by atoms with Crippen LogP contribution in [0.5, 0.6) is 0 Å². The van der Waals surface area contributed by atoms with Crippen molar-refractivity contribution in [2.75, 3.05) is 33.2 Å². The molecule has 0 aliphatic carbocycles. The molecular weight excluding hydrogens is 246 g/mol. The van der Waals surface area contributed by atoms with E-state index in [1.807, 2.05) is 0 Å². The Morgan fingerprint density at radius 3 is 2.70 bits per heavy atom. The van der Waals surface area contributed by atoms with Gasteiger partial charge in [-0.25, -0.2) is 0 Å².